The molecule has 24 heavy (non-hydrogen) atoms. The lowest BCUT2D eigenvalue weighted by Crippen LogP contribution is -2.24. The van der Waals surface area contributed by atoms with Crippen LogP contribution in [0.5, 0.6) is 0 Å². The minimum absolute atomic E-state index is 0.391. The average Bonchev–Trinajstić information content (AvgIpc) is 3.05. The molecule has 0 fully saturated rings. The topological polar surface area (TPSA) is 66.3 Å². The van der Waals surface area contributed by atoms with Gasteiger partial charge in [-0.25, -0.2) is 4.79 Å². The highest BCUT2D eigenvalue weighted by molar-refractivity contribution is 7.12. The van der Waals surface area contributed by atoms with Gasteiger partial charge in [0.2, 0.25) is 0 Å². The van der Waals surface area contributed by atoms with Crippen LogP contribution in [0.4, 0.5) is 0 Å². The van der Waals surface area contributed by atoms with Crippen LogP contribution in [-0.2, 0) is 19.6 Å². The first-order chi connectivity index (χ1) is 11.7. The second-order valence-corrected chi connectivity index (χ2v) is 6.28. The molecule has 3 aromatic heterocycles. The molecule has 0 aliphatic rings. The number of pyridine rings is 2. The van der Waals surface area contributed by atoms with Gasteiger partial charge in [-0.15, -0.1) is 11.3 Å². The second-order valence-electron chi connectivity index (χ2n) is 5.37. The van der Waals surface area contributed by atoms with Gasteiger partial charge >= 0.3 is 5.97 Å². The van der Waals surface area contributed by atoms with Crippen LogP contribution in [0.1, 0.15) is 26.6 Å². The van der Waals surface area contributed by atoms with Gasteiger partial charge in [0.05, 0.1) is 11.4 Å². The molecule has 0 aliphatic heterocycles. The van der Waals surface area contributed by atoms with Crippen molar-refractivity contribution >= 4 is 17.3 Å². The molecule has 3 aromatic rings. The third-order valence-corrected chi connectivity index (χ3v) is 4.50. The van der Waals surface area contributed by atoms with Gasteiger partial charge in [0.15, 0.2) is 0 Å². The van der Waals surface area contributed by atoms with Crippen molar-refractivity contribution < 1.29 is 9.90 Å². The summed E-state index contributed by atoms with van der Waals surface area (Å²) < 4.78 is 0. The Balaban J connectivity index is 1.81. The Morgan fingerprint density at radius 1 is 0.958 bits per heavy atom. The van der Waals surface area contributed by atoms with Crippen LogP contribution in [-0.4, -0.2) is 25.9 Å². The molecule has 0 radical (unpaired) electrons. The number of thiophene rings is 1. The van der Waals surface area contributed by atoms with Gasteiger partial charge in [-0.05, 0) is 41.3 Å². The number of nitrogens with zero attached hydrogens (tertiary/aromatic N) is 3. The van der Waals surface area contributed by atoms with E-state index in [1.165, 1.54) is 11.3 Å². The van der Waals surface area contributed by atoms with E-state index in [1.807, 2.05) is 47.8 Å². The number of aromatic nitrogens is 2. The van der Waals surface area contributed by atoms with Gasteiger partial charge in [-0.2, -0.15) is 0 Å². The summed E-state index contributed by atoms with van der Waals surface area (Å²) in [4.78, 5) is 22.6. The molecule has 0 unspecified atom stereocenters. The van der Waals surface area contributed by atoms with Crippen molar-refractivity contribution in [2.75, 3.05) is 0 Å². The summed E-state index contributed by atoms with van der Waals surface area (Å²) >= 11 is 1.25. The monoisotopic (exact) mass is 339 g/mol. The molecule has 3 rings (SSSR count). The summed E-state index contributed by atoms with van der Waals surface area (Å²) in [6, 6.07) is 13.5. The van der Waals surface area contributed by atoms with Crippen molar-refractivity contribution in [3.8, 4) is 0 Å². The van der Waals surface area contributed by atoms with Crippen molar-refractivity contribution in [1.29, 1.82) is 0 Å². The van der Waals surface area contributed by atoms with E-state index in [4.69, 9.17) is 0 Å². The lowest BCUT2D eigenvalue weighted by molar-refractivity contribution is 0.0700. The summed E-state index contributed by atoms with van der Waals surface area (Å²) in [6.07, 6.45) is 3.53. The highest BCUT2D eigenvalue weighted by Gasteiger charge is 2.16. The first-order valence-electron chi connectivity index (χ1n) is 7.54. The summed E-state index contributed by atoms with van der Waals surface area (Å²) in [7, 11) is 0. The van der Waals surface area contributed by atoms with Crippen LogP contribution in [0.3, 0.4) is 0 Å². The third-order valence-electron chi connectivity index (χ3n) is 3.56. The molecule has 0 saturated heterocycles. The maximum absolute atomic E-state index is 11.3. The molecular weight excluding hydrogens is 322 g/mol. The SMILES string of the molecule is O=C(O)c1sccc1CN(Cc1ccccn1)Cc1ccccn1. The number of carboxylic acids is 1. The zero-order chi connectivity index (χ0) is 16.8. The number of aromatic carboxylic acids is 1. The molecule has 0 saturated carbocycles. The quantitative estimate of drug-likeness (QED) is 0.714. The zero-order valence-corrected chi connectivity index (χ0v) is 13.8. The minimum Gasteiger partial charge on any atom is -0.477 e. The standard InChI is InChI=1S/C18H17N3O2S/c22-18(23)17-14(7-10-24-17)11-21(12-15-5-1-3-8-19-15)13-16-6-2-4-9-20-16/h1-10H,11-13H2,(H,22,23). The van der Waals surface area contributed by atoms with Crippen molar-refractivity contribution in [2.45, 2.75) is 19.6 Å². The van der Waals surface area contributed by atoms with Gasteiger partial charge in [0, 0.05) is 32.0 Å². The maximum Gasteiger partial charge on any atom is 0.346 e. The van der Waals surface area contributed by atoms with Crippen molar-refractivity contribution in [2.24, 2.45) is 0 Å². The molecule has 0 bridgehead atoms. The molecule has 0 amide bonds. The number of carboxylic acid groups (broad SMARTS) is 1. The molecule has 1 N–H and O–H groups in total. The number of hydrogen-bond acceptors (Lipinski definition) is 5. The second kappa shape index (κ2) is 7.81. The van der Waals surface area contributed by atoms with Crippen LogP contribution in [0.15, 0.2) is 60.2 Å². The van der Waals surface area contributed by atoms with Gasteiger partial charge in [-0.3, -0.25) is 14.9 Å². The molecule has 0 spiro atoms. The molecule has 0 atom stereocenters. The number of carbonyl (C=O) groups is 1. The van der Waals surface area contributed by atoms with E-state index < -0.39 is 5.97 Å². The van der Waals surface area contributed by atoms with Gasteiger partial charge in [0.1, 0.15) is 4.88 Å². The Bertz CT molecular complexity index is 749. The molecule has 0 aromatic carbocycles. The first kappa shape index (κ1) is 16.3. The van der Waals surface area contributed by atoms with Crippen molar-refractivity contribution in [3.63, 3.8) is 0 Å². The molecule has 5 nitrogen and oxygen atoms in total. The van der Waals surface area contributed by atoms with Gasteiger partial charge < -0.3 is 5.11 Å². The largest absolute Gasteiger partial charge is 0.477 e. The summed E-state index contributed by atoms with van der Waals surface area (Å²) in [5, 5.41) is 11.1. The van der Waals surface area contributed by atoms with Crippen LogP contribution < -0.4 is 0 Å². The smallest absolute Gasteiger partial charge is 0.346 e. The Labute approximate surface area is 144 Å². The Morgan fingerprint density at radius 2 is 1.58 bits per heavy atom. The summed E-state index contributed by atoms with van der Waals surface area (Å²) in [5.41, 5.74) is 2.71. The van der Waals surface area contributed by atoms with Crippen LogP contribution in [0.25, 0.3) is 0 Å². The fourth-order valence-corrected chi connectivity index (χ4v) is 3.25. The van der Waals surface area contributed by atoms with Crippen LogP contribution in [0, 0.1) is 0 Å². The third kappa shape index (κ3) is 4.24. The van der Waals surface area contributed by atoms with Crippen LogP contribution in [0.2, 0.25) is 0 Å². The van der Waals surface area contributed by atoms with E-state index in [1.54, 1.807) is 12.4 Å². The molecule has 0 aliphatic carbocycles. The fourth-order valence-electron chi connectivity index (χ4n) is 2.50. The summed E-state index contributed by atoms with van der Waals surface area (Å²) in [5.74, 6) is -0.879. The Kier molecular flexibility index (Phi) is 5.30. The molecular formula is C18H17N3O2S. The molecule has 6 heteroatoms. The van der Waals surface area contributed by atoms with E-state index >= 15 is 0 Å². The molecule has 122 valence electrons. The van der Waals surface area contributed by atoms with E-state index in [0.29, 0.717) is 24.5 Å². The van der Waals surface area contributed by atoms with E-state index in [9.17, 15) is 9.90 Å². The lowest BCUT2D eigenvalue weighted by atomic mass is 10.2. The van der Waals surface area contributed by atoms with Gasteiger partial charge in [0.25, 0.3) is 0 Å². The summed E-state index contributed by atoms with van der Waals surface area (Å²) in [6.45, 7) is 1.80. The minimum atomic E-state index is -0.879. The predicted octanol–water partition coefficient (Wildman–Crippen LogP) is 3.44. The number of rotatable bonds is 7. The van der Waals surface area contributed by atoms with E-state index in [0.717, 1.165) is 17.0 Å². The van der Waals surface area contributed by atoms with Crippen molar-refractivity contribution in [1.82, 2.24) is 14.9 Å². The Morgan fingerprint density at radius 3 is 2.08 bits per heavy atom. The molecule has 3 heterocycles. The zero-order valence-electron chi connectivity index (χ0n) is 13.0. The fraction of sp³-hybridized carbons (Fsp3) is 0.167. The average molecular weight is 339 g/mol. The van der Waals surface area contributed by atoms with Crippen molar-refractivity contribution in [3.05, 3.63) is 82.1 Å². The van der Waals surface area contributed by atoms with Crippen LogP contribution >= 0.6 is 11.3 Å². The Hall–Kier alpha value is -2.57. The first-order valence-corrected chi connectivity index (χ1v) is 8.42. The maximum atomic E-state index is 11.3. The number of hydrogen-bond donors (Lipinski definition) is 1. The van der Waals surface area contributed by atoms with E-state index in [2.05, 4.69) is 14.9 Å². The van der Waals surface area contributed by atoms with E-state index in [-0.39, 0.29) is 0 Å². The highest BCUT2D eigenvalue weighted by Crippen LogP contribution is 2.20. The highest BCUT2D eigenvalue weighted by atomic mass is 32.1. The van der Waals surface area contributed by atoms with Gasteiger partial charge in [-0.1, -0.05) is 12.1 Å². The predicted molar refractivity (Wildman–Crippen MR) is 92.7 cm³/mol. The normalized spacial score (nSPS) is 10.9. The lowest BCUT2D eigenvalue weighted by Gasteiger charge is -2.21.